The molecule has 2 saturated carbocycles. The minimum atomic E-state index is -0.712. The highest BCUT2D eigenvalue weighted by molar-refractivity contribution is 6.22. The molecule has 5 aliphatic rings. The van der Waals surface area contributed by atoms with E-state index in [-0.39, 0.29) is 41.0 Å². The normalized spacial score (nSPS) is 30.1. The van der Waals surface area contributed by atoms with Crippen molar-refractivity contribution in [1.29, 1.82) is 0 Å². The third-order valence-corrected chi connectivity index (χ3v) is 7.49. The summed E-state index contributed by atoms with van der Waals surface area (Å²) in [6.45, 7) is -0.511. The molecule has 0 radical (unpaired) electrons. The Morgan fingerprint density at radius 3 is 2.09 bits per heavy atom. The van der Waals surface area contributed by atoms with Crippen molar-refractivity contribution in [2.24, 2.45) is 35.5 Å². The lowest BCUT2D eigenvalue weighted by atomic mass is 9.63. The maximum atomic E-state index is 13.2. The molecule has 8 heteroatoms. The SMILES string of the molecule is O=C(COC(=O)c1ccc(N2C(=O)[C@@H]3[C@H]4C=C[C@@H]([C@@H]5C[C@@H]45)[C@H]3C2=O)cc1)Nc1ccc(F)cc1. The van der Waals surface area contributed by atoms with E-state index in [1.54, 1.807) is 12.1 Å². The van der Waals surface area contributed by atoms with Crippen LogP contribution in [0.3, 0.4) is 0 Å². The lowest BCUT2D eigenvalue weighted by Gasteiger charge is -2.37. The molecule has 4 aliphatic carbocycles. The van der Waals surface area contributed by atoms with Crippen molar-refractivity contribution in [2.75, 3.05) is 16.8 Å². The van der Waals surface area contributed by atoms with Crippen molar-refractivity contribution < 1.29 is 28.3 Å². The summed E-state index contributed by atoms with van der Waals surface area (Å²) >= 11 is 0. The van der Waals surface area contributed by atoms with Crippen LogP contribution >= 0.6 is 0 Å². The first-order valence-corrected chi connectivity index (χ1v) is 11.3. The summed E-state index contributed by atoms with van der Waals surface area (Å²) in [6, 6.07) is 11.3. The van der Waals surface area contributed by atoms with Gasteiger partial charge in [0.15, 0.2) is 6.61 Å². The first-order valence-electron chi connectivity index (χ1n) is 11.3. The molecule has 3 fully saturated rings. The second-order valence-electron chi connectivity index (χ2n) is 9.34. The van der Waals surface area contributed by atoms with E-state index in [1.165, 1.54) is 41.3 Å². The predicted octanol–water partition coefficient (Wildman–Crippen LogP) is 3.18. The second-order valence-corrected chi connectivity index (χ2v) is 9.34. The van der Waals surface area contributed by atoms with E-state index in [2.05, 4.69) is 17.5 Å². The molecule has 172 valence electrons. The number of hydrogen-bond acceptors (Lipinski definition) is 5. The van der Waals surface area contributed by atoms with Gasteiger partial charge in [-0.15, -0.1) is 0 Å². The number of amides is 3. The number of anilines is 2. The zero-order valence-corrected chi connectivity index (χ0v) is 18.0. The molecule has 2 bridgehead atoms. The largest absolute Gasteiger partial charge is 0.452 e. The van der Waals surface area contributed by atoms with Gasteiger partial charge in [-0.25, -0.2) is 9.18 Å². The summed E-state index contributed by atoms with van der Waals surface area (Å²) in [7, 11) is 0. The van der Waals surface area contributed by atoms with Crippen LogP contribution in [0.15, 0.2) is 60.7 Å². The molecule has 3 amide bonds. The maximum absolute atomic E-state index is 13.2. The van der Waals surface area contributed by atoms with Crippen molar-refractivity contribution in [3.63, 3.8) is 0 Å². The standard InChI is InChI=1S/C26H21FN2O5/c27-14-3-5-15(6-4-14)28-21(30)12-34-26(33)13-1-7-16(8-2-13)29-24(31)22-17-9-10-18(20-11-19(17)20)23(22)25(29)32/h1-10,17-20,22-23H,11-12H2,(H,28,30)/t17-,18-,19-,20-,22+,23+/m0/s1. The molecule has 1 saturated heterocycles. The van der Waals surface area contributed by atoms with Crippen molar-refractivity contribution in [1.82, 2.24) is 0 Å². The van der Waals surface area contributed by atoms with Crippen LogP contribution < -0.4 is 10.2 Å². The number of carbonyl (C=O) groups is 4. The lowest BCUT2D eigenvalue weighted by molar-refractivity contribution is -0.124. The van der Waals surface area contributed by atoms with Gasteiger partial charge in [-0.1, -0.05) is 12.2 Å². The van der Waals surface area contributed by atoms with Gasteiger partial charge in [0.1, 0.15) is 5.82 Å². The van der Waals surface area contributed by atoms with Gasteiger partial charge >= 0.3 is 5.97 Å². The van der Waals surface area contributed by atoms with Crippen LogP contribution in [0.1, 0.15) is 16.8 Å². The molecule has 2 aromatic carbocycles. The molecule has 7 nitrogen and oxygen atoms in total. The number of nitrogens with zero attached hydrogens (tertiary/aromatic N) is 1. The topological polar surface area (TPSA) is 92.8 Å². The average Bonchev–Trinajstić information content (AvgIpc) is 3.62. The lowest BCUT2D eigenvalue weighted by Crippen LogP contribution is -2.40. The highest BCUT2D eigenvalue weighted by atomic mass is 19.1. The zero-order chi connectivity index (χ0) is 23.6. The highest BCUT2D eigenvalue weighted by Crippen LogP contribution is 2.65. The molecule has 1 N–H and O–H groups in total. The number of imide groups is 1. The zero-order valence-electron chi connectivity index (χ0n) is 18.0. The van der Waals surface area contributed by atoms with Gasteiger partial charge in [0.2, 0.25) is 11.8 Å². The van der Waals surface area contributed by atoms with E-state index in [1.807, 2.05) is 0 Å². The van der Waals surface area contributed by atoms with Gasteiger partial charge in [0.25, 0.3) is 5.91 Å². The highest BCUT2D eigenvalue weighted by Gasteiger charge is 2.67. The van der Waals surface area contributed by atoms with Gasteiger partial charge in [-0.2, -0.15) is 0 Å². The van der Waals surface area contributed by atoms with Crippen LogP contribution in [-0.2, 0) is 19.1 Å². The number of rotatable bonds is 5. The van der Waals surface area contributed by atoms with Crippen LogP contribution in [0.4, 0.5) is 15.8 Å². The van der Waals surface area contributed by atoms with Crippen LogP contribution in [0.25, 0.3) is 0 Å². The van der Waals surface area contributed by atoms with Crippen molar-refractivity contribution >= 4 is 35.1 Å². The Morgan fingerprint density at radius 2 is 1.50 bits per heavy atom. The van der Waals surface area contributed by atoms with E-state index in [0.29, 0.717) is 23.2 Å². The predicted molar refractivity (Wildman–Crippen MR) is 119 cm³/mol. The number of carbonyl (C=O) groups excluding carboxylic acids is 4. The van der Waals surface area contributed by atoms with Crippen LogP contribution in [0.2, 0.25) is 0 Å². The summed E-state index contributed by atoms with van der Waals surface area (Å²) in [4.78, 5) is 51.9. The number of allylic oxidation sites excluding steroid dienone is 2. The fourth-order valence-electron chi connectivity index (χ4n) is 5.90. The monoisotopic (exact) mass is 460 g/mol. The Hall–Kier alpha value is -3.81. The molecule has 34 heavy (non-hydrogen) atoms. The molecule has 7 rings (SSSR count). The third kappa shape index (κ3) is 3.24. The smallest absolute Gasteiger partial charge is 0.338 e. The summed E-state index contributed by atoms with van der Waals surface area (Å²) in [5.74, 6) is -1.22. The van der Waals surface area contributed by atoms with Gasteiger partial charge in [-0.05, 0) is 78.6 Å². The van der Waals surface area contributed by atoms with Gasteiger partial charge in [-0.3, -0.25) is 19.3 Å². The first kappa shape index (κ1) is 20.8. The maximum Gasteiger partial charge on any atom is 0.338 e. The Morgan fingerprint density at radius 1 is 0.912 bits per heavy atom. The Kier molecular flexibility index (Phi) is 4.65. The average molecular weight is 460 g/mol. The minimum Gasteiger partial charge on any atom is -0.452 e. The molecular weight excluding hydrogens is 439 g/mol. The van der Waals surface area contributed by atoms with Crippen molar-refractivity contribution in [3.05, 3.63) is 72.1 Å². The molecular formula is C26H21FN2O5. The van der Waals surface area contributed by atoms with Crippen LogP contribution in [0, 0.1) is 41.3 Å². The Labute approximate surface area is 194 Å². The Balaban J connectivity index is 1.10. The van der Waals surface area contributed by atoms with E-state index in [9.17, 15) is 23.6 Å². The van der Waals surface area contributed by atoms with Gasteiger partial charge < -0.3 is 10.1 Å². The van der Waals surface area contributed by atoms with Crippen molar-refractivity contribution in [3.8, 4) is 0 Å². The summed E-state index contributed by atoms with van der Waals surface area (Å²) in [5, 5.41) is 2.50. The molecule has 1 heterocycles. The molecule has 6 atom stereocenters. The Bertz CT molecular complexity index is 1200. The van der Waals surface area contributed by atoms with Crippen molar-refractivity contribution in [2.45, 2.75) is 6.42 Å². The number of ether oxygens (including phenoxy) is 1. The molecule has 2 aromatic rings. The molecule has 0 aromatic heterocycles. The van der Waals surface area contributed by atoms with Crippen LogP contribution in [0.5, 0.6) is 0 Å². The number of esters is 1. The second kappa shape index (κ2) is 7.62. The van der Waals surface area contributed by atoms with E-state index < -0.39 is 24.3 Å². The van der Waals surface area contributed by atoms with Crippen LogP contribution in [-0.4, -0.2) is 30.3 Å². The van der Waals surface area contributed by atoms with E-state index in [4.69, 9.17) is 4.74 Å². The van der Waals surface area contributed by atoms with Gasteiger partial charge in [0.05, 0.1) is 23.1 Å². The molecule has 0 unspecified atom stereocenters. The summed E-state index contributed by atoms with van der Waals surface area (Å²) < 4.78 is 18.0. The minimum absolute atomic E-state index is 0.150. The quantitative estimate of drug-likeness (QED) is 0.420. The fraction of sp³-hybridized carbons (Fsp3) is 0.308. The van der Waals surface area contributed by atoms with E-state index >= 15 is 0 Å². The number of halogens is 1. The number of benzene rings is 2. The number of nitrogens with one attached hydrogen (secondary N) is 1. The van der Waals surface area contributed by atoms with Gasteiger partial charge in [0, 0.05) is 5.69 Å². The molecule has 0 spiro atoms. The summed E-state index contributed by atoms with van der Waals surface area (Å²) in [6.07, 6.45) is 5.36. The third-order valence-electron chi connectivity index (χ3n) is 7.49. The number of hydrogen-bond donors (Lipinski definition) is 1. The summed E-state index contributed by atoms with van der Waals surface area (Å²) in [5.41, 5.74) is 1.01. The fourth-order valence-corrected chi connectivity index (χ4v) is 5.90. The molecule has 1 aliphatic heterocycles. The first-order chi connectivity index (χ1) is 16.4. The van der Waals surface area contributed by atoms with E-state index in [0.717, 1.165) is 6.42 Å².